The number of halogens is 1. The Morgan fingerprint density at radius 1 is 1.33 bits per heavy atom. The molecule has 0 aliphatic heterocycles. The van der Waals surface area contributed by atoms with Crippen molar-refractivity contribution in [2.75, 3.05) is 19.0 Å². The van der Waals surface area contributed by atoms with E-state index >= 15 is 0 Å². The Balaban J connectivity index is 2.35. The first kappa shape index (κ1) is 20.5. The molecule has 0 atom stereocenters. The topological polar surface area (TPSA) is 71.3 Å². The maximum Gasteiger partial charge on any atom is 0.266 e. The van der Waals surface area contributed by atoms with Gasteiger partial charge in [0, 0.05) is 5.69 Å². The number of benzene rings is 2. The maximum absolute atomic E-state index is 12.6. The molecule has 0 bridgehead atoms. The normalized spacial score (nSPS) is 10.9. The Bertz CT molecular complexity index is 930. The highest BCUT2D eigenvalue weighted by Crippen LogP contribution is 2.37. The monoisotopic (exact) mass is 428 g/mol. The van der Waals surface area contributed by atoms with Crippen molar-refractivity contribution in [1.29, 1.82) is 5.26 Å². The lowest BCUT2D eigenvalue weighted by atomic mass is 10.1. The van der Waals surface area contributed by atoms with Gasteiger partial charge >= 0.3 is 0 Å². The molecule has 2 rings (SSSR count). The maximum atomic E-state index is 12.6. The third-order valence-corrected chi connectivity index (χ3v) is 4.66. The summed E-state index contributed by atoms with van der Waals surface area (Å²) < 4.78 is 11.6. The van der Waals surface area contributed by atoms with Crippen molar-refractivity contribution in [3.63, 3.8) is 0 Å². The fourth-order valence-corrected chi connectivity index (χ4v) is 3.07. The number of hydrogen-bond donors (Lipinski definition) is 1. The summed E-state index contributed by atoms with van der Waals surface area (Å²) in [4.78, 5) is 12.6. The van der Waals surface area contributed by atoms with Crippen molar-refractivity contribution in [1.82, 2.24) is 0 Å². The van der Waals surface area contributed by atoms with Crippen LogP contribution in [0, 0.1) is 25.2 Å². The fraction of sp³-hybridized carbons (Fsp3) is 0.238. The van der Waals surface area contributed by atoms with Crippen LogP contribution in [0.15, 0.2) is 40.4 Å². The molecule has 5 nitrogen and oxygen atoms in total. The molecule has 1 N–H and O–H groups in total. The fourth-order valence-electron chi connectivity index (χ4n) is 2.50. The van der Waals surface area contributed by atoms with E-state index in [2.05, 4.69) is 21.2 Å². The molecule has 0 fully saturated rings. The van der Waals surface area contributed by atoms with Gasteiger partial charge in [0.25, 0.3) is 5.91 Å². The molecular weight excluding hydrogens is 408 g/mol. The minimum Gasteiger partial charge on any atom is -0.493 e. The Hall–Kier alpha value is -2.78. The smallest absolute Gasteiger partial charge is 0.266 e. The predicted molar refractivity (Wildman–Crippen MR) is 110 cm³/mol. The molecule has 2 aromatic carbocycles. The van der Waals surface area contributed by atoms with Gasteiger partial charge in [-0.1, -0.05) is 12.1 Å². The van der Waals surface area contributed by atoms with Crippen LogP contribution in [0.1, 0.15) is 23.6 Å². The van der Waals surface area contributed by atoms with Gasteiger partial charge < -0.3 is 14.8 Å². The number of aryl methyl sites for hydroxylation is 1. The van der Waals surface area contributed by atoms with Crippen LogP contribution in [0.3, 0.4) is 0 Å². The Morgan fingerprint density at radius 3 is 2.70 bits per heavy atom. The molecule has 0 radical (unpaired) electrons. The zero-order chi connectivity index (χ0) is 20.0. The molecule has 140 valence electrons. The van der Waals surface area contributed by atoms with Crippen LogP contribution in [-0.4, -0.2) is 19.6 Å². The van der Waals surface area contributed by atoms with E-state index in [0.717, 1.165) is 11.1 Å². The van der Waals surface area contributed by atoms with Crippen molar-refractivity contribution in [3.8, 4) is 17.6 Å². The second-order valence-corrected chi connectivity index (χ2v) is 6.69. The van der Waals surface area contributed by atoms with E-state index in [0.29, 0.717) is 33.8 Å². The van der Waals surface area contributed by atoms with Gasteiger partial charge in [0.1, 0.15) is 11.6 Å². The molecule has 27 heavy (non-hydrogen) atoms. The van der Waals surface area contributed by atoms with Crippen molar-refractivity contribution < 1.29 is 14.3 Å². The number of carbonyl (C=O) groups is 1. The summed E-state index contributed by atoms with van der Waals surface area (Å²) in [7, 11) is 1.54. The number of methoxy groups -OCH3 is 1. The highest BCUT2D eigenvalue weighted by Gasteiger charge is 2.14. The van der Waals surface area contributed by atoms with Crippen molar-refractivity contribution in [2.45, 2.75) is 20.8 Å². The summed E-state index contributed by atoms with van der Waals surface area (Å²) in [5.41, 5.74) is 3.36. The van der Waals surface area contributed by atoms with Crippen LogP contribution in [0.2, 0.25) is 0 Å². The summed E-state index contributed by atoms with van der Waals surface area (Å²) in [6.45, 7) is 6.27. The van der Waals surface area contributed by atoms with Crippen LogP contribution in [0.5, 0.6) is 11.5 Å². The molecule has 0 heterocycles. The third-order valence-electron chi connectivity index (χ3n) is 4.07. The zero-order valence-corrected chi connectivity index (χ0v) is 17.3. The number of rotatable bonds is 6. The molecule has 6 heteroatoms. The first-order valence-corrected chi connectivity index (χ1v) is 9.20. The van der Waals surface area contributed by atoms with Crippen LogP contribution >= 0.6 is 15.9 Å². The van der Waals surface area contributed by atoms with E-state index in [4.69, 9.17) is 9.47 Å². The minimum absolute atomic E-state index is 0.00554. The van der Waals surface area contributed by atoms with E-state index in [-0.39, 0.29) is 5.57 Å². The quantitative estimate of drug-likeness (QED) is 0.517. The predicted octanol–water partition coefficient (Wildman–Crippen LogP) is 5.02. The molecule has 0 aliphatic carbocycles. The minimum atomic E-state index is -0.463. The van der Waals surface area contributed by atoms with E-state index in [1.54, 1.807) is 12.1 Å². The van der Waals surface area contributed by atoms with Gasteiger partial charge in [-0.05, 0) is 77.7 Å². The highest BCUT2D eigenvalue weighted by molar-refractivity contribution is 9.10. The average Bonchev–Trinajstić information content (AvgIpc) is 2.65. The van der Waals surface area contributed by atoms with Crippen LogP contribution < -0.4 is 14.8 Å². The van der Waals surface area contributed by atoms with Crippen LogP contribution in [0.25, 0.3) is 6.08 Å². The molecule has 0 saturated carbocycles. The molecule has 0 saturated heterocycles. The number of nitrogens with zero attached hydrogens (tertiary/aromatic N) is 1. The number of anilines is 1. The molecule has 0 unspecified atom stereocenters. The van der Waals surface area contributed by atoms with Crippen molar-refractivity contribution in [2.24, 2.45) is 0 Å². The summed E-state index contributed by atoms with van der Waals surface area (Å²) in [6, 6.07) is 11.1. The van der Waals surface area contributed by atoms with Gasteiger partial charge in [0.05, 0.1) is 18.2 Å². The van der Waals surface area contributed by atoms with Crippen molar-refractivity contribution >= 4 is 33.6 Å². The van der Waals surface area contributed by atoms with Crippen LogP contribution in [-0.2, 0) is 4.79 Å². The number of ether oxygens (including phenoxy) is 2. The SMILES string of the molecule is CCOc1c(Br)cc(/C=C(/C#N)C(=O)Nc2cccc(C)c2C)cc1OC. The van der Waals surface area contributed by atoms with Gasteiger partial charge in [-0.2, -0.15) is 5.26 Å². The number of carbonyl (C=O) groups excluding carboxylic acids is 1. The van der Waals surface area contributed by atoms with E-state index < -0.39 is 5.91 Å². The van der Waals surface area contributed by atoms with E-state index in [1.165, 1.54) is 13.2 Å². The molecule has 0 aromatic heterocycles. The Labute approximate surface area is 167 Å². The highest BCUT2D eigenvalue weighted by atomic mass is 79.9. The number of amides is 1. The standard InChI is InChI=1S/C21H21BrN2O3/c1-5-27-20-17(22)10-15(11-19(20)26-4)9-16(12-23)21(25)24-18-8-6-7-13(2)14(18)3/h6-11H,5H2,1-4H3,(H,24,25)/b16-9-. The molecule has 0 spiro atoms. The van der Waals surface area contributed by atoms with Gasteiger partial charge in [-0.25, -0.2) is 0 Å². The van der Waals surface area contributed by atoms with Crippen molar-refractivity contribution in [3.05, 3.63) is 57.1 Å². The van der Waals surface area contributed by atoms with Gasteiger partial charge in [-0.15, -0.1) is 0 Å². The second-order valence-electron chi connectivity index (χ2n) is 5.84. The summed E-state index contributed by atoms with van der Waals surface area (Å²) in [5.74, 6) is 0.635. The molecule has 1 amide bonds. The molecule has 2 aromatic rings. The largest absolute Gasteiger partial charge is 0.493 e. The van der Waals surface area contributed by atoms with Gasteiger partial charge in [0.2, 0.25) is 0 Å². The Kier molecular flexibility index (Phi) is 7.03. The lowest BCUT2D eigenvalue weighted by Crippen LogP contribution is -2.14. The van der Waals surface area contributed by atoms with E-state index in [1.807, 2.05) is 45.0 Å². The van der Waals surface area contributed by atoms with Crippen LogP contribution in [0.4, 0.5) is 5.69 Å². The number of nitrogens with one attached hydrogen (secondary N) is 1. The Morgan fingerprint density at radius 2 is 2.07 bits per heavy atom. The zero-order valence-electron chi connectivity index (χ0n) is 15.7. The second kappa shape index (κ2) is 9.24. The summed E-state index contributed by atoms with van der Waals surface area (Å²) in [6.07, 6.45) is 1.52. The lowest BCUT2D eigenvalue weighted by Gasteiger charge is -2.12. The molecule has 0 aliphatic rings. The average molecular weight is 429 g/mol. The van der Waals surface area contributed by atoms with E-state index in [9.17, 15) is 10.1 Å². The first-order valence-electron chi connectivity index (χ1n) is 8.41. The molecular formula is C21H21BrN2O3. The lowest BCUT2D eigenvalue weighted by molar-refractivity contribution is -0.112. The number of nitriles is 1. The van der Waals surface area contributed by atoms with Gasteiger partial charge in [-0.3, -0.25) is 4.79 Å². The number of hydrogen-bond acceptors (Lipinski definition) is 4. The summed E-state index contributed by atoms with van der Waals surface area (Å²) in [5, 5.41) is 12.2. The third kappa shape index (κ3) is 4.89. The first-order chi connectivity index (χ1) is 12.9. The van der Waals surface area contributed by atoms with Gasteiger partial charge in [0.15, 0.2) is 11.5 Å². The summed E-state index contributed by atoms with van der Waals surface area (Å²) >= 11 is 3.44.